The molecule has 10 heteroatoms. The van der Waals surface area contributed by atoms with E-state index in [1.54, 1.807) is 41.3 Å². The van der Waals surface area contributed by atoms with Crippen LogP contribution in [0.5, 0.6) is 0 Å². The van der Waals surface area contributed by atoms with Gasteiger partial charge in [-0.25, -0.2) is 0 Å². The van der Waals surface area contributed by atoms with Crippen LogP contribution in [0, 0.1) is 0 Å². The molecule has 3 aromatic carbocycles. The molecule has 0 fully saturated rings. The molecule has 0 spiro atoms. The Morgan fingerprint density at radius 3 is 1.95 bits per heavy atom. The van der Waals surface area contributed by atoms with Crippen LogP contribution < -0.4 is 16.0 Å². The number of hydrogen-bond acceptors (Lipinski definition) is 4. The van der Waals surface area contributed by atoms with Crippen molar-refractivity contribution < 1.29 is 27.6 Å². The highest BCUT2D eigenvalue weighted by Crippen LogP contribution is 2.30. The summed E-state index contributed by atoms with van der Waals surface area (Å²) in [7, 11) is 0. The molecule has 0 aliphatic carbocycles. The summed E-state index contributed by atoms with van der Waals surface area (Å²) in [6.45, 7) is 5.22. The minimum Gasteiger partial charge on any atom is -0.376 e. The third-order valence-electron chi connectivity index (χ3n) is 5.69. The van der Waals surface area contributed by atoms with Crippen molar-refractivity contribution in [3.05, 3.63) is 89.5 Å². The zero-order valence-corrected chi connectivity index (χ0v) is 21.8. The average molecular weight is 541 g/mol. The van der Waals surface area contributed by atoms with Gasteiger partial charge < -0.3 is 20.9 Å². The SMILES string of the molecule is CCCN(CCC)C(=O)c1cccc(NC(=O)CNc2cccc(C(=O)Nc3cccc(C(F)(F)F)c3)c2)c1. The van der Waals surface area contributed by atoms with Gasteiger partial charge in [-0.05, 0) is 67.4 Å². The summed E-state index contributed by atoms with van der Waals surface area (Å²) in [5.74, 6) is -1.05. The summed E-state index contributed by atoms with van der Waals surface area (Å²) >= 11 is 0. The number of nitrogens with zero attached hydrogens (tertiary/aromatic N) is 1. The zero-order chi connectivity index (χ0) is 28.4. The van der Waals surface area contributed by atoms with Crippen LogP contribution in [-0.2, 0) is 11.0 Å². The molecule has 0 aliphatic heterocycles. The van der Waals surface area contributed by atoms with Crippen LogP contribution in [0.25, 0.3) is 0 Å². The molecule has 7 nitrogen and oxygen atoms in total. The van der Waals surface area contributed by atoms with E-state index in [4.69, 9.17) is 0 Å². The van der Waals surface area contributed by atoms with Gasteiger partial charge in [-0.1, -0.05) is 32.0 Å². The van der Waals surface area contributed by atoms with Crippen molar-refractivity contribution >= 4 is 34.8 Å². The van der Waals surface area contributed by atoms with E-state index in [2.05, 4.69) is 16.0 Å². The predicted octanol–water partition coefficient (Wildman–Crippen LogP) is 6.27. The predicted molar refractivity (Wildman–Crippen MR) is 146 cm³/mol. The van der Waals surface area contributed by atoms with Gasteiger partial charge in [0.1, 0.15) is 0 Å². The standard InChI is InChI=1S/C29H31F3N4O3/c1-3-14-36(15-4-2)28(39)21-9-6-12-24(17-21)34-26(37)19-33-23-11-5-8-20(16-23)27(38)35-25-13-7-10-22(18-25)29(30,31)32/h5-13,16-18,33H,3-4,14-15,19H2,1-2H3,(H,34,37)(H,35,38). The van der Waals surface area contributed by atoms with E-state index < -0.39 is 17.6 Å². The van der Waals surface area contributed by atoms with Crippen LogP contribution in [0.3, 0.4) is 0 Å². The Balaban J connectivity index is 1.59. The fourth-order valence-electron chi connectivity index (χ4n) is 3.90. The van der Waals surface area contributed by atoms with Crippen LogP contribution in [0.4, 0.5) is 30.2 Å². The first-order valence-electron chi connectivity index (χ1n) is 12.6. The van der Waals surface area contributed by atoms with E-state index in [1.807, 2.05) is 13.8 Å². The molecule has 206 valence electrons. The monoisotopic (exact) mass is 540 g/mol. The number of hydrogen-bond donors (Lipinski definition) is 3. The highest BCUT2D eigenvalue weighted by molar-refractivity contribution is 6.05. The lowest BCUT2D eigenvalue weighted by Crippen LogP contribution is -2.32. The first-order valence-corrected chi connectivity index (χ1v) is 12.6. The summed E-state index contributed by atoms with van der Waals surface area (Å²) < 4.78 is 38.8. The molecule has 39 heavy (non-hydrogen) atoms. The van der Waals surface area contributed by atoms with Crippen molar-refractivity contribution in [3.8, 4) is 0 Å². The Morgan fingerprint density at radius 2 is 1.31 bits per heavy atom. The fraction of sp³-hybridized carbons (Fsp3) is 0.276. The van der Waals surface area contributed by atoms with Gasteiger partial charge in [-0.2, -0.15) is 13.2 Å². The number of anilines is 3. The summed E-state index contributed by atoms with van der Waals surface area (Å²) in [5.41, 5.74) is 0.793. The van der Waals surface area contributed by atoms with Crippen molar-refractivity contribution in [2.24, 2.45) is 0 Å². The number of alkyl halides is 3. The molecule has 0 heterocycles. The number of benzene rings is 3. The summed E-state index contributed by atoms with van der Waals surface area (Å²) in [6, 6.07) is 17.4. The normalized spacial score (nSPS) is 11.0. The Morgan fingerprint density at radius 1 is 0.744 bits per heavy atom. The Labute approximate surface area is 225 Å². The van der Waals surface area contributed by atoms with Gasteiger partial charge in [0, 0.05) is 41.3 Å². The molecule has 3 aromatic rings. The molecule has 0 bridgehead atoms. The van der Waals surface area contributed by atoms with E-state index in [9.17, 15) is 27.6 Å². The van der Waals surface area contributed by atoms with Gasteiger partial charge in [0.2, 0.25) is 5.91 Å². The number of halogens is 3. The third kappa shape index (κ3) is 8.59. The number of nitrogens with one attached hydrogen (secondary N) is 3. The number of carbonyl (C=O) groups excluding carboxylic acids is 3. The molecule has 3 amide bonds. The smallest absolute Gasteiger partial charge is 0.376 e. The maximum Gasteiger partial charge on any atom is 0.416 e. The highest BCUT2D eigenvalue weighted by Gasteiger charge is 2.30. The van der Waals surface area contributed by atoms with Crippen molar-refractivity contribution in [2.45, 2.75) is 32.9 Å². The molecule has 3 rings (SSSR count). The maximum absolute atomic E-state index is 12.9. The minimum absolute atomic E-state index is 0.0146. The molecular formula is C29H31F3N4O3. The van der Waals surface area contributed by atoms with E-state index in [0.717, 1.165) is 25.0 Å². The van der Waals surface area contributed by atoms with Crippen LogP contribution in [0.1, 0.15) is 53.0 Å². The van der Waals surface area contributed by atoms with E-state index in [-0.39, 0.29) is 29.6 Å². The Hall–Kier alpha value is -4.34. The van der Waals surface area contributed by atoms with Crippen molar-refractivity contribution in [1.82, 2.24) is 4.90 Å². The van der Waals surface area contributed by atoms with Gasteiger partial charge in [0.15, 0.2) is 0 Å². The van der Waals surface area contributed by atoms with Crippen LogP contribution in [0.2, 0.25) is 0 Å². The Bertz CT molecular complexity index is 1300. The van der Waals surface area contributed by atoms with Crippen LogP contribution >= 0.6 is 0 Å². The first kappa shape index (κ1) is 29.2. The second-order valence-corrected chi connectivity index (χ2v) is 8.89. The largest absolute Gasteiger partial charge is 0.416 e. The second-order valence-electron chi connectivity index (χ2n) is 8.89. The highest BCUT2D eigenvalue weighted by atomic mass is 19.4. The molecule has 0 aromatic heterocycles. The quantitative estimate of drug-likeness (QED) is 0.267. The van der Waals surface area contributed by atoms with Crippen molar-refractivity contribution in [2.75, 3.05) is 35.6 Å². The van der Waals surface area contributed by atoms with Crippen molar-refractivity contribution in [1.29, 1.82) is 0 Å². The van der Waals surface area contributed by atoms with Gasteiger partial charge in [-0.15, -0.1) is 0 Å². The molecule has 0 radical (unpaired) electrons. The molecule has 0 unspecified atom stereocenters. The summed E-state index contributed by atoms with van der Waals surface area (Å²) in [4.78, 5) is 39.8. The number of carbonyl (C=O) groups is 3. The topological polar surface area (TPSA) is 90.5 Å². The average Bonchev–Trinajstić information content (AvgIpc) is 2.91. The summed E-state index contributed by atoms with van der Waals surface area (Å²) in [6.07, 6.45) is -2.82. The first-order chi connectivity index (χ1) is 18.6. The lowest BCUT2D eigenvalue weighted by atomic mass is 10.1. The number of rotatable bonds is 11. The van der Waals surface area contributed by atoms with Crippen molar-refractivity contribution in [3.63, 3.8) is 0 Å². The Kier molecular flexibility index (Phi) is 10.1. The summed E-state index contributed by atoms with van der Waals surface area (Å²) in [5, 5.41) is 8.14. The fourth-order valence-corrected chi connectivity index (χ4v) is 3.90. The lowest BCUT2D eigenvalue weighted by Gasteiger charge is -2.21. The third-order valence-corrected chi connectivity index (χ3v) is 5.69. The lowest BCUT2D eigenvalue weighted by molar-refractivity contribution is -0.137. The van der Waals surface area contributed by atoms with Gasteiger partial charge >= 0.3 is 6.18 Å². The van der Waals surface area contributed by atoms with E-state index in [1.165, 1.54) is 24.3 Å². The number of amides is 3. The van der Waals surface area contributed by atoms with Crippen LogP contribution in [-0.4, -0.2) is 42.3 Å². The second kappa shape index (κ2) is 13.5. The molecule has 0 saturated heterocycles. The minimum atomic E-state index is -4.52. The van der Waals surface area contributed by atoms with Gasteiger partial charge in [0.05, 0.1) is 12.1 Å². The molecule has 0 atom stereocenters. The van der Waals surface area contributed by atoms with E-state index in [0.29, 0.717) is 30.0 Å². The zero-order valence-electron chi connectivity index (χ0n) is 21.8. The molecular weight excluding hydrogens is 509 g/mol. The van der Waals surface area contributed by atoms with Gasteiger partial charge in [0.25, 0.3) is 11.8 Å². The van der Waals surface area contributed by atoms with Gasteiger partial charge in [-0.3, -0.25) is 14.4 Å². The van der Waals surface area contributed by atoms with E-state index >= 15 is 0 Å². The molecule has 0 aliphatic rings. The molecule has 3 N–H and O–H groups in total. The maximum atomic E-state index is 12.9. The van der Waals surface area contributed by atoms with Crippen LogP contribution in [0.15, 0.2) is 72.8 Å². The molecule has 0 saturated carbocycles.